The fraction of sp³-hybridized carbons (Fsp3) is 0.143. The Labute approximate surface area is 52.8 Å². The van der Waals surface area contributed by atoms with Crippen LogP contribution in [-0.4, -0.2) is 11.3 Å². The number of alkyl halides is 1. The molecule has 1 rings (SSSR count). The highest BCUT2D eigenvalue weighted by molar-refractivity contribution is 5.33. The predicted octanol–water partition coefficient (Wildman–Crippen LogP) is 1.70. The van der Waals surface area contributed by atoms with Gasteiger partial charge in [-0.15, -0.1) is 0 Å². The quantitative estimate of drug-likeness (QED) is 0.522. The average molecular weight is 125 g/mol. The zero-order chi connectivity index (χ0) is 6.85. The van der Waals surface area contributed by atoms with Crippen LogP contribution in [-0.2, 0) is 0 Å². The lowest BCUT2D eigenvalue weighted by atomic mass is 10.1. The monoisotopic (exact) mass is 125 g/mol. The first kappa shape index (κ1) is 6.08. The Morgan fingerprint density at radius 1 is 1.78 bits per heavy atom. The van der Waals surface area contributed by atoms with E-state index in [-0.39, 0.29) is 11.3 Å². The number of rotatable bonds is 0. The Balaban J connectivity index is 2.86. The summed E-state index contributed by atoms with van der Waals surface area (Å²) in [5.74, 6) is -0.190. The molecule has 0 aromatic carbocycles. The maximum Gasteiger partial charge on any atom is 0.147 e. The van der Waals surface area contributed by atoms with Crippen molar-refractivity contribution in [1.29, 1.82) is 0 Å². The first-order valence-corrected chi connectivity index (χ1v) is 2.54. The standard InChI is InChI=1S/C7H6FO/c1-5-6(8)3-2-4-7(5)9/h2-3,6,9H,1H2. The SMILES string of the molecule is C=C1C(O)=[C]C=CC1F. The van der Waals surface area contributed by atoms with Gasteiger partial charge in [0.1, 0.15) is 11.9 Å². The van der Waals surface area contributed by atoms with E-state index >= 15 is 0 Å². The molecule has 1 atom stereocenters. The number of aliphatic hydroxyl groups is 1. The number of hydrogen-bond acceptors (Lipinski definition) is 1. The van der Waals surface area contributed by atoms with Crippen molar-refractivity contribution in [2.75, 3.05) is 0 Å². The highest BCUT2D eigenvalue weighted by atomic mass is 19.1. The van der Waals surface area contributed by atoms with Crippen LogP contribution in [0.15, 0.2) is 30.1 Å². The van der Waals surface area contributed by atoms with E-state index in [0.717, 1.165) is 0 Å². The van der Waals surface area contributed by atoms with Gasteiger partial charge in [-0.3, -0.25) is 0 Å². The molecule has 1 radical (unpaired) electrons. The Hall–Kier alpha value is -1.05. The van der Waals surface area contributed by atoms with E-state index in [2.05, 4.69) is 12.7 Å². The van der Waals surface area contributed by atoms with Gasteiger partial charge in [0, 0.05) is 11.6 Å². The lowest BCUT2D eigenvalue weighted by Crippen LogP contribution is -2.05. The minimum absolute atomic E-state index is 0.0810. The molecule has 47 valence electrons. The van der Waals surface area contributed by atoms with Crippen LogP contribution in [0.2, 0.25) is 0 Å². The smallest absolute Gasteiger partial charge is 0.147 e. The molecule has 9 heavy (non-hydrogen) atoms. The molecule has 1 unspecified atom stereocenters. The molecule has 0 bridgehead atoms. The van der Waals surface area contributed by atoms with E-state index in [9.17, 15) is 4.39 Å². The van der Waals surface area contributed by atoms with Crippen molar-refractivity contribution in [2.24, 2.45) is 0 Å². The van der Waals surface area contributed by atoms with Gasteiger partial charge in [0.2, 0.25) is 0 Å². The van der Waals surface area contributed by atoms with Gasteiger partial charge >= 0.3 is 0 Å². The van der Waals surface area contributed by atoms with Crippen LogP contribution in [0, 0.1) is 6.08 Å². The average Bonchev–Trinajstić information content (AvgIpc) is 1.83. The van der Waals surface area contributed by atoms with Gasteiger partial charge in [-0.2, -0.15) is 0 Å². The molecule has 0 heterocycles. The molecular formula is C7H6FO. The Morgan fingerprint density at radius 2 is 2.44 bits per heavy atom. The lowest BCUT2D eigenvalue weighted by molar-refractivity contribution is 0.374. The van der Waals surface area contributed by atoms with Crippen LogP contribution < -0.4 is 0 Å². The molecule has 0 aliphatic heterocycles. The largest absolute Gasteiger partial charge is 0.507 e. The third kappa shape index (κ3) is 1.02. The number of halogens is 1. The number of hydrogen-bond donors (Lipinski definition) is 1. The molecule has 0 fully saturated rings. The van der Waals surface area contributed by atoms with Gasteiger partial charge in [0.05, 0.1) is 0 Å². The van der Waals surface area contributed by atoms with Crippen molar-refractivity contribution in [1.82, 2.24) is 0 Å². The summed E-state index contributed by atoms with van der Waals surface area (Å²) in [5.41, 5.74) is 0.0810. The molecular weight excluding hydrogens is 119 g/mol. The Kier molecular flexibility index (Phi) is 1.39. The molecule has 0 saturated heterocycles. The molecule has 1 aliphatic rings. The van der Waals surface area contributed by atoms with Gasteiger partial charge in [-0.1, -0.05) is 12.7 Å². The van der Waals surface area contributed by atoms with Crippen LogP contribution >= 0.6 is 0 Å². The first-order chi connectivity index (χ1) is 4.22. The Bertz CT molecular complexity index is 191. The van der Waals surface area contributed by atoms with Crippen molar-refractivity contribution in [3.8, 4) is 0 Å². The van der Waals surface area contributed by atoms with Gasteiger partial charge < -0.3 is 5.11 Å². The van der Waals surface area contributed by atoms with Crippen LogP contribution in [0.4, 0.5) is 4.39 Å². The first-order valence-electron chi connectivity index (χ1n) is 2.54. The van der Waals surface area contributed by atoms with Crippen molar-refractivity contribution in [3.63, 3.8) is 0 Å². The van der Waals surface area contributed by atoms with E-state index in [4.69, 9.17) is 5.11 Å². The molecule has 1 nitrogen and oxygen atoms in total. The third-order valence-corrected chi connectivity index (χ3v) is 1.12. The highest BCUT2D eigenvalue weighted by Crippen LogP contribution is 2.17. The van der Waals surface area contributed by atoms with E-state index in [0.29, 0.717) is 0 Å². The summed E-state index contributed by atoms with van der Waals surface area (Å²) in [6, 6.07) is 0. The van der Waals surface area contributed by atoms with E-state index in [1.165, 1.54) is 12.2 Å². The van der Waals surface area contributed by atoms with Crippen molar-refractivity contribution >= 4 is 0 Å². The van der Waals surface area contributed by atoms with Gasteiger partial charge in [-0.25, -0.2) is 4.39 Å². The van der Waals surface area contributed by atoms with Gasteiger partial charge in [-0.05, 0) is 6.08 Å². The topological polar surface area (TPSA) is 20.2 Å². The predicted molar refractivity (Wildman–Crippen MR) is 32.6 cm³/mol. The number of allylic oxidation sites excluding steroid dienone is 4. The maximum atomic E-state index is 12.4. The fourth-order valence-corrected chi connectivity index (χ4v) is 0.551. The lowest BCUT2D eigenvalue weighted by Gasteiger charge is -2.08. The summed E-state index contributed by atoms with van der Waals surface area (Å²) in [5, 5.41) is 8.76. The van der Waals surface area contributed by atoms with Crippen LogP contribution in [0.1, 0.15) is 0 Å². The van der Waals surface area contributed by atoms with Crippen LogP contribution in [0.3, 0.4) is 0 Å². The fourth-order valence-electron chi connectivity index (χ4n) is 0.551. The molecule has 2 heteroatoms. The zero-order valence-electron chi connectivity index (χ0n) is 4.76. The van der Waals surface area contributed by atoms with Gasteiger partial charge in [0.25, 0.3) is 0 Å². The molecule has 1 N–H and O–H groups in total. The summed E-state index contributed by atoms with van der Waals surface area (Å²) < 4.78 is 12.4. The van der Waals surface area contributed by atoms with Gasteiger partial charge in [0.15, 0.2) is 0 Å². The second-order valence-electron chi connectivity index (χ2n) is 1.78. The van der Waals surface area contributed by atoms with Crippen molar-refractivity contribution in [2.45, 2.75) is 6.17 Å². The number of aliphatic hydroxyl groups excluding tert-OH is 1. The molecule has 0 aromatic heterocycles. The molecule has 0 saturated carbocycles. The normalized spacial score (nSPS) is 26.1. The summed E-state index contributed by atoms with van der Waals surface area (Å²) in [7, 11) is 0. The summed E-state index contributed by atoms with van der Waals surface area (Å²) in [6.07, 6.45) is 3.79. The minimum atomic E-state index is -1.24. The van der Waals surface area contributed by atoms with E-state index in [1.807, 2.05) is 0 Å². The summed E-state index contributed by atoms with van der Waals surface area (Å²) in [4.78, 5) is 0. The molecule has 0 amide bonds. The second-order valence-corrected chi connectivity index (χ2v) is 1.78. The summed E-state index contributed by atoms with van der Waals surface area (Å²) in [6.45, 7) is 3.30. The molecule has 0 spiro atoms. The van der Waals surface area contributed by atoms with E-state index in [1.54, 1.807) is 0 Å². The summed E-state index contributed by atoms with van der Waals surface area (Å²) >= 11 is 0. The maximum absolute atomic E-state index is 12.4. The third-order valence-electron chi connectivity index (χ3n) is 1.12. The van der Waals surface area contributed by atoms with Crippen molar-refractivity contribution in [3.05, 3.63) is 36.1 Å². The molecule has 1 aliphatic carbocycles. The van der Waals surface area contributed by atoms with E-state index < -0.39 is 6.17 Å². The highest BCUT2D eigenvalue weighted by Gasteiger charge is 2.13. The second kappa shape index (κ2) is 2.05. The minimum Gasteiger partial charge on any atom is -0.507 e. The zero-order valence-corrected chi connectivity index (χ0v) is 4.76. The van der Waals surface area contributed by atoms with Crippen LogP contribution in [0.5, 0.6) is 0 Å². The van der Waals surface area contributed by atoms with Crippen molar-refractivity contribution < 1.29 is 9.50 Å². The Morgan fingerprint density at radius 3 is 2.89 bits per heavy atom. The molecule has 0 aromatic rings. The van der Waals surface area contributed by atoms with Crippen LogP contribution in [0.25, 0.3) is 0 Å².